The van der Waals surface area contributed by atoms with E-state index >= 15 is 0 Å². The number of ether oxygens (including phenoxy) is 3. The van der Waals surface area contributed by atoms with Gasteiger partial charge in [-0.1, -0.05) is 41.5 Å². The van der Waals surface area contributed by atoms with E-state index in [9.17, 15) is 19.8 Å². The molecule has 1 heterocycles. The van der Waals surface area contributed by atoms with Crippen molar-refractivity contribution in [1.82, 2.24) is 5.32 Å². The van der Waals surface area contributed by atoms with Crippen LogP contribution in [0.2, 0.25) is 0 Å². The number of carbonyl (C=O) groups excluding carboxylic acids is 2. The molecule has 3 fully saturated rings. The second-order valence-electron chi connectivity index (χ2n) is 13.2. The first kappa shape index (κ1) is 32.5. The molecule has 11 atom stereocenters. The minimum Gasteiger partial charge on any atom is -0.453 e. The number of Topliss-reactive ketones (excluding diaryl/α,β-unsaturated/α-hetero) is 1. The molecule has 3 aliphatic carbocycles. The molecule has 4 aliphatic rings. The predicted molar refractivity (Wildman–Crippen MR) is 139 cm³/mol. The monoisotopic (exact) mass is 748 g/mol. The number of hydrogen-bond donors (Lipinski definition) is 3. The van der Waals surface area contributed by atoms with Gasteiger partial charge in [-0.2, -0.15) is 0 Å². The van der Waals surface area contributed by atoms with Crippen LogP contribution in [0.1, 0.15) is 75.2 Å². The minimum absolute atomic E-state index is 0. The summed E-state index contributed by atoms with van der Waals surface area (Å²) in [5.41, 5.74) is -2.03. The van der Waals surface area contributed by atoms with E-state index in [4.69, 9.17) is 14.2 Å². The molecule has 38 heavy (non-hydrogen) atoms. The summed E-state index contributed by atoms with van der Waals surface area (Å²) in [4.78, 5) is 26.2. The molecule has 1 radical (unpaired) electrons. The van der Waals surface area contributed by atoms with Crippen LogP contribution in [-0.2, 0) is 19.0 Å². The first-order chi connectivity index (χ1) is 17.0. The van der Waals surface area contributed by atoms with Crippen molar-refractivity contribution in [2.45, 2.75) is 111 Å². The zero-order chi connectivity index (χ0) is 27.9. The quantitative estimate of drug-likeness (QED) is 0.377. The Kier molecular flexibility index (Phi) is 9.11. The molecule has 213 valence electrons. The van der Waals surface area contributed by atoms with Gasteiger partial charge in [0.2, 0.25) is 0 Å². The van der Waals surface area contributed by atoms with Gasteiger partial charge in [-0.25, -0.2) is 4.79 Å². The van der Waals surface area contributed by atoms with E-state index in [0.717, 1.165) is 11.1 Å². The molecule has 2 saturated carbocycles. The van der Waals surface area contributed by atoms with E-state index in [1.807, 2.05) is 55.4 Å². The zero-order valence-corrected chi connectivity index (χ0v) is 29.5. The van der Waals surface area contributed by atoms with E-state index in [-0.39, 0.29) is 80.6 Å². The summed E-state index contributed by atoms with van der Waals surface area (Å²) in [5.74, 6) is -1.19. The Bertz CT molecular complexity index is 999. The minimum atomic E-state index is -1.25. The van der Waals surface area contributed by atoms with Crippen molar-refractivity contribution in [3.05, 3.63) is 11.1 Å². The zero-order valence-electron chi connectivity index (χ0n) is 24.8. The fourth-order valence-corrected chi connectivity index (χ4v) is 8.67. The van der Waals surface area contributed by atoms with E-state index in [1.54, 1.807) is 0 Å². The maximum atomic E-state index is 14.5. The van der Waals surface area contributed by atoms with Gasteiger partial charge >= 0.3 is 6.09 Å². The summed E-state index contributed by atoms with van der Waals surface area (Å²) >= 11 is 0. The topological polar surface area (TPSA) is 114 Å². The summed E-state index contributed by atoms with van der Waals surface area (Å²) in [7, 11) is 1.32. The number of rotatable bonds is 4. The van der Waals surface area contributed by atoms with Gasteiger partial charge in [0.15, 0.2) is 0 Å². The summed E-state index contributed by atoms with van der Waals surface area (Å²) in [6.45, 7) is 18.0. The molecule has 1 aliphatic heterocycles. The first-order valence-corrected chi connectivity index (χ1v) is 13.8. The average Bonchev–Trinajstić information content (AvgIpc) is 2.82. The maximum absolute atomic E-state index is 14.5. The van der Waals surface area contributed by atoms with Crippen molar-refractivity contribution in [2.75, 3.05) is 13.7 Å². The third kappa shape index (κ3) is 4.40. The number of alkyl carbamates (subject to hydrolysis) is 1. The molecule has 2 bridgehead atoms. The van der Waals surface area contributed by atoms with Crippen LogP contribution in [0.5, 0.6) is 0 Å². The molecule has 11 unspecified atom stereocenters. The van der Waals surface area contributed by atoms with Gasteiger partial charge in [-0.05, 0) is 50.2 Å². The SMILES string of the molecule is COC(=O)NC(C)C(C)OC1CC2(O)C(C)C3C4(O)COC4CC(C)C3(C)C(=O)C(C)C(=C1C)C2(C)C.[Ac]. The van der Waals surface area contributed by atoms with Gasteiger partial charge in [0.05, 0.1) is 43.7 Å². The van der Waals surface area contributed by atoms with E-state index in [0.29, 0.717) is 12.8 Å². The third-order valence-corrected chi connectivity index (χ3v) is 11.2. The van der Waals surface area contributed by atoms with Crippen LogP contribution in [0.15, 0.2) is 11.1 Å². The smallest absolute Gasteiger partial charge is 0.407 e. The Morgan fingerprint density at radius 1 is 1.16 bits per heavy atom. The van der Waals surface area contributed by atoms with Crippen LogP contribution < -0.4 is 5.32 Å². The van der Waals surface area contributed by atoms with Gasteiger partial charge < -0.3 is 29.7 Å². The van der Waals surface area contributed by atoms with Crippen LogP contribution in [-0.4, -0.2) is 71.4 Å². The summed E-state index contributed by atoms with van der Waals surface area (Å²) in [5, 5.41) is 27.4. The second-order valence-corrected chi connectivity index (χ2v) is 13.2. The van der Waals surface area contributed by atoms with Crippen molar-refractivity contribution >= 4 is 11.9 Å². The van der Waals surface area contributed by atoms with E-state index < -0.39 is 52.0 Å². The number of carbonyl (C=O) groups is 2. The number of ketones is 1. The number of fused-ring (bicyclic) bond motifs is 5. The summed E-state index contributed by atoms with van der Waals surface area (Å²) in [6.07, 6.45) is -0.719. The van der Waals surface area contributed by atoms with Crippen LogP contribution >= 0.6 is 0 Å². The number of aliphatic hydroxyl groups is 2. The molecule has 9 heteroatoms. The molecule has 0 spiro atoms. The van der Waals surface area contributed by atoms with Crippen molar-refractivity contribution in [3.63, 3.8) is 0 Å². The number of amides is 1. The van der Waals surface area contributed by atoms with Gasteiger partial charge in [-0.3, -0.25) is 4.79 Å². The molecule has 1 saturated heterocycles. The number of nitrogens with one attached hydrogen (secondary N) is 1. The van der Waals surface area contributed by atoms with Gasteiger partial charge in [0.1, 0.15) is 11.4 Å². The fourth-order valence-electron chi connectivity index (χ4n) is 8.67. The molecule has 8 nitrogen and oxygen atoms in total. The first-order valence-electron chi connectivity index (χ1n) is 13.8. The Hall–Kier alpha value is -0.0384. The Morgan fingerprint density at radius 2 is 1.76 bits per heavy atom. The van der Waals surface area contributed by atoms with Gasteiger partial charge in [0.25, 0.3) is 0 Å². The van der Waals surface area contributed by atoms with Crippen molar-refractivity contribution in [3.8, 4) is 0 Å². The molecule has 3 N–H and O–H groups in total. The predicted octanol–water partition coefficient (Wildman–Crippen LogP) is 3.63. The van der Waals surface area contributed by atoms with Crippen LogP contribution in [0.4, 0.5) is 4.79 Å². The Morgan fingerprint density at radius 3 is 2.29 bits per heavy atom. The number of methoxy groups -OCH3 is 1. The van der Waals surface area contributed by atoms with Crippen molar-refractivity contribution in [2.24, 2.45) is 34.5 Å². The third-order valence-electron chi connectivity index (χ3n) is 11.2. The maximum Gasteiger partial charge on any atom is 0.407 e. The molecule has 0 aromatic rings. The Balaban J connectivity index is 0.00000400. The second kappa shape index (κ2) is 10.7. The fraction of sp³-hybridized carbons (Fsp3) is 0.862. The molecule has 0 aromatic carbocycles. The van der Waals surface area contributed by atoms with Gasteiger partial charge in [-0.15, -0.1) is 0 Å². The van der Waals surface area contributed by atoms with Gasteiger partial charge in [0, 0.05) is 73.1 Å². The molecular weight excluding hydrogens is 701 g/mol. The number of hydrogen-bond acceptors (Lipinski definition) is 7. The standard InChI is InChI=1S/C29H47NO7.Ac/c1-14-11-21-28(33,13-36-21)23-17(4)29(34)12-20(37-19(6)18(5)30-25(32)35-10)15(2)22(26(29,7)8)16(3)24(31)27(14,23)9;/h14,16-21,23,33-34H,11-13H2,1-10H3,(H,30,32);. The molecule has 4 rings (SSSR count). The van der Waals surface area contributed by atoms with Crippen molar-refractivity contribution < 1.29 is 78.1 Å². The molecular formula is C29H47AcNO7. The largest absolute Gasteiger partial charge is 0.453 e. The van der Waals surface area contributed by atoms with Crippen molar-refractivity contribution in [1.29, 1.82) is 0 Å². The van der Waals surface area contributed by atoms with E-state index in [2.05, 4.69) is 12.2 Å². The molecule has 0 aromatic heterocycles. The van der Waals surface area contributed by atoms with Crippen LogP contribution in [0, 0.1) is 78.6 Å². The molecule has 1 amide bonds. The normalized spacial score (nSPS) is 45.2. The van der Waals surface area contributed by atoms with Crippen LogP contribution in [0.3, 0.4) is 0 Å². The van der Waals surface area contributed by atoms with E-state index in [1.165, 1.54) is 7.11 Å². The van der Waals surface area contributed by atoms with Crippen LogP contribution in [0.25, 0.3) is 0 Å². The Labute approximate surface area is 263 Å². The summed E-state index contributed by atoms with van der Waals surface area (Å²) in [6, 6.07) is -0.327. The average molecular weight is 749 g/mol. The summed E-state index contributed by atoms with van der Waals surface area (Å²) < 4.78 is 17.1.